The van der Waals surface area contributed by atoms with E-state index in [-0.39, 0.29) is 24.3 Å². The quantitative estimate of drug-likeness (QED) is 0.603. The summed E-state index contributed by atoms with van der Waals surface area (Å²) in [7, 11) is 1.21. The summed E-state index contributed by atoms with van der Waals surface area (Å²) in [5.41, 5.74) is 0.808. The van der Waals surface area contributed by atoms with Gasteiger partial charge in [0.2, 0.25) is 0 Å². The number of hydrogen-bond donors (Lipinski definition) is 0. The van der Waals surface area contributed by atoms with Crippen molar-refractivity contribution in [1.29, 1.82) is 0 Å². The van der Waals surface area contributed by atoms with E-state index in [0.29, 0.717) is 11.1 Å². The van der Waals surface area contributed by atoms with Crippen LogP contribution in [-0.2, 0) is 9.47 Å². The van der Waals surface area contributed by atoms with E-state index in [1.807, 2.05) is 0 Å². The van der Waals surface area contributed by atoms with Gasteiger partial charge < -0.3 is 9.47 Å². The lowest BCUT2D eigenvalue weighted by Crippen LogP contribution is -2.33. The number of ether oxygens (including phenoxy) is 2. The number of rotatable bonds is 5. The first-order valence-electron chi connectivity index (χ1n) is 7.84. The number of hydrogen-bond acceptors (Lipinski definition) is 6. The number of amides is 2. The fourth-order valence-electron chi connectivity index (χ4n) is 2.70. The number of fused-ring (bicyclic) bond motifs is 1. The van der Waals surface area contributed by atoms with E-state index in [9.17, 15) is 19.2 Å². The Morgan fingerprint density at radius 3 is 1.88 bits per heavy atom. The number of methoxy groups -OCH3 is 1. The van der Waals surface area contributed by atoms with Crippen LogP contribution in [0.1, 0.15) is 41.4 Å². The molecule has 0 N–H and O–H groups in total. The maximum absolute atomic E-state index is 12.2. The van der Waals surface area contributed by atoms with Crippen LogP contribution in [0.5, 0.6) is 0 Å². The normalized spacial score (nSPS) is 12.7. The van der Waals surface area contributed by atoms with E-state index < -0.39 is 23.8 Å². The number of benzene rings is 2. The fraction of sp³-hybridized carbons (Fsp3) is 0.158. The molecule has 1 aliphatic rings. The molecule has 132 valence electrons. The molecule has 0 bridgehead atoms. The molecule has 2 amide bonds. The van der Waals surface area contributed by atoms with E-state index in [0.717, 1.165) is 4.90 Å². The van der Waals surface area contributed by atoms with Gasteiger partial charge in [0.25, 0.3) is 11.8 Å². The summed E-state index contributed by atoms with van der Waals surface area (Å²) in [5.74, 6) is -2.23. The van der Waals surface area contributed by atoms with Crippen molar-refractivity contribution >= 4 is 23.8 Å². The largest absolute Gasteiger partial charge is 0.465 e. The molecule has 7 heteroatoms. The van der Waals surface area contributed by atoms with Crippen LogP contribution in [0.25, 0.3) is 0 Å². The number of carbonyl (C=O) groups excluding carboxylic acids is 4. The zero-order valence-corrected chi connectivity index (χ0v) is 13.9. The number of nitrogens with zero attached hydrogens (tertiary/aromatic N) is 1. The molecule has 1 heterocycles. The standard InChI is InChI=1S/C19H15NO6/c1-25-18(23)14-8-4-5-9-15(14)19(24)26-11-10-20-16(21)12-6-2-3-7-13(12)17(20)22/h2-9H,10-11H2,1H3. The Bertz CT molecular complexity index is 869. The van der Waals surface area contributed by atoms with Crippen LogP contribution in [0.4, 0.5) is 0 Å². The zero-order valence-electron chi connectivity index (χ0n) is 13.9. The number of imide groups is 1. The third-order valence-electron chi connectivity index (χ3n) is 3.98. The second-order valence-corrected chi connectivity index (χ2v) is 5.48. The Morgan fingerprint density at radius 1 is 0.846 bits per heavy atom. The van der Waals surface area contributed by atoms with Gasteiger partial charge in [-0.2, -0.15) is 0 Å². The zero-order chi connectivity index (χ0) is 18.7. The summed E-state index contributed by atoms with van der Waals surface area (Å²) in [6, 6.07) is 12.6. The Balaban J connectivity index is 1.65. The first kappa shape index (κ1) is 17.3. The minimum atomic E-state index is -0.734. The summed E-state index contributed by atoms with van der Waals surface area (Å²) in [4.78, 5) is 49.4. The van der Waals surface area contributed by atoms with Crippen molar-refractivity contribution in [3.8, 4) is 0 Å². The molecule has 0 saturated carbocycles. The van der Waals surface area contributed by atoms with Crippen molar-refractivity contribution in [2.45, 2.75) is 0 Å². The van der Waals surface area contributed by atoms with Gasteiger partial charge >= 0.3 is 11.9 Å². The summed E-state index contributed by atoms with van der Waals surface area (Å²) in [6.45, 7) is -0.252. The first-order chi connectivity index (χ1) is 12.5. The van der Waals surface area contributed by atoms with E-state index >= 15 is 0 Å². The molecule has 26 heavy (non-hydrogen) atoms. The van der Waals surface area contributed by atoms with Gasteiger partial charge in [0, 0.05) is 0 Å². The summed E-state index contributed by atoms with van der Waals surface area (Å²) >= 11 is 0. The monoisotopic (exact) mass is 353 g/mol. The van der Waals surface area contributed by atoms with Gasteiger partial charge in [-0.15, -0.1) is 0 Å². The van der Waals surface area contributed by atoms with E-state index in [1.165, 1.54) is 19.2 Å². The van der Waals surface area contributed by atoms with Gasteiger partial charge in [-0.3, -0.25) is 14.5 Å². The lowest BCUT2D eigenvalue weighted by atomic mass is 10.1. The molecule has 1 aliphatic heterocycles. The molecular weight excluding hydrogens is 338 g/mol. The smallest absolute Gasteiger partial charge is 0.339 e. The Kier molecular flexibility index (Phi) is 4.79. The van der Waals surface area contributed by atoms with E-state index in [2.05, 4.69) is 4.74 Å². The molecule has 0 saturated heterocycles. The molecule has 0 aromatic heterocycles. The molecule has 7 nitrogen and oxygen atoms in total. The predicted octanol–water partition coefficient (Wildman–Crippen LogP) is 1.93. The average molecular weight is 353 g/mol. The third-order valence-corrected chi connectivity index (χ3v) is 3.98. The lowest BCUT2D eigenvalue weighted by Gasteiger charge is -2.14. The highest BCUT2D eigenvalue weighted by Gasteiger charge is 2.34. The Labute approximate surface area is 149 Å². The van der Waals surface area contributed by atoms with Crippen molar-refractivity contribution in [1.82, 2.24) is 4.90 Å². The minimum absolute atomic E-state index is 0.0571. The molecule has 3 rings (SSSR count). The van der Waals surface area contributed by atoms with Crippen LogP contribution >= 0.6 is 0 Å². The molecule has 0 unspecified atom stereocenters. The van der Waals surface area contributed by atoms with Crippen molar-refractivity contribution in [2.24, 2.45) is 0 Å². The van der Waals surface area contributed by atoms with Crippen LogP contribution in [0.15, 0.2) is 48.5 Å². The van der Waals surface area contributed by atoms with E-state index in [4.69, 9.17) is 4.74 Å². The van der Waals surface area contributed by atoms with Crippen LogP contribution in [0.2, 0.25) is 0 Å². The fourth-order valence-corrected chi connectivity index (χ4v) is 2.70. The Morgan fingerprint density at radius 2 is 1.35 bits per heavy atom. The van der Waals surface area contributed by atoms with Crippen molar-refractivity contribution in [2.75, 3.05) is 20.3 Å². The highest BCUT2D eigenvalue weighted by Crippen LogP contribution is 2.22. The highest BCUT2D eigenvalue weighted by atomic mass is 16.5. The molecule has 0 fully saturated rings. The number of esters is 2. The average Bonchev–Trinajstić information content (AvgIpc) is 2.92. The molecule has 0 radical (unpaired) electrons. The highest BCUT2D eigenvalue weighted by molar-refractivity contribution is 6.21. The summed E-state index contributed by atoms with van der Waals surface area (Å²) in [6.07, 6.45) is 0. The van der Waals surface area contributed by atoms with Gasteiger partial charge in [-0.1, -0.05) is 24.3 Å². The summed E-state index contributed by atoms with van der Waals surface area (Å²) in [5, 5.41) is 0. The van der Waals surface area contributed by atoms with Gasteiger partial charge in [0.15, 0.2) is 0 Å². The van der Waals surface area contributed by atoms with Crippen molar-refractivity contribution in [3.05, 3.63) is 70.8 Å². The molecular formula is C19H15NO6. The molecule has 0 aliphatic carbocycles. The first-order valence-corrected chi connectivity index (χ1v) is 7.84. The molecule has 2 aromatic carbocycles. The third kappa shape index (κ3) is 3.06. The minimum Gasteiger partial charge on any atom is -0.465 e. The maximum atomic E-state index is 12.2. The maximum Gasteiger partial charge on any atom is 0.339 e. The van der Waals surface area contributed by atoms with Crippen molar-refractivity contribution in [3.63, 3.8) is 0 Å². The van der Waals surface area contributed by atoms with Crippen LogP contribution in [0.3, 0.4) is 0 Å². The number of carbonyl (C=O) groups is 4. The van der Waals surface area contributed by atoms with Crippen LogP contribution in [-0.4, -0.2) is 48.9 Å². The topological polar surface area (TPSA) is 90.0 Å². The van der Waals surface area contributed by atoms with Gasteiger partial charge in [-0.25, -0.2) is 9.59 Å². The van der Waals surface area contributed by atoms with E-state index in [1.54, 1.807) is 36.4 Å². The Hall–Kier alpha value is -3.48. The van der Waals surface area contributed by atoms with Crippen LogP contribution in [0, 0.1) is 0 Å². The second-order valence-electron chi connectivity index (χ2n) is 5.48. The predicted molar refractivity (Wildman–Crippen MR) is 89.9 cm³/mol. The molecule has 2 aromatic rings. The van der Waals surface area contributed by atoms with Crippen molar-refractivity contribution < 1.29 is 28.7 Å². The molecule has 0 spiro atoms. The second kappa shape index (κ2) is 7.18. The lowest BCUT2D eigenvalue weighted by molar-refractivity contribution is 0.0414. The van der Waals surface area contributed by atoms with Gasteiger partial charge in [-0.05, 0) is 24.3 Å². The van der Waals surface area contributed by atoms with Gasteiger partial charge in [0.1, 0.15) is 6.61 Å². The summed E-state index contributed by atoms with van der Waals surface area (Å²) < 4.78 is 9.76. The van der Waals surface area contributed by atoms with Crippen LogP contribution < -0.4 is 0 Å². The molecule has 0 atom stereocenters. The SMILES string of the molecule is COC(=O)c1ccccc1C(=O)OCCN1C(=O)c2ccccc2C1=O. The van der Waals surface area contributed by atoms with Gasteiger partial charge in [0.05, 0.1) is 35.9 Å².